The largest absolute Gasteiger partial charge is 0.478 e. The van der Waals surface area contributed by atoms with Gasteiger partial charge in [0.2, 0.25) is 0 Å². The minimum Gasteiger partial charge on any atom is -0.478 e. The summed E-state index contributed by atoms with van der Waals surface area (Å²) < 4.78 is 28.3. The molecule has 2 N–H and O–H groups in total. The van der Waals surface area contributed by atoms with E-state index in [0.717, 1.165) is 0 Å². The monoisotopic (exact) mass is 295 g/mol. The van der Waals surface area contributed by atoms with Gasteiger partial charge in [0.1, 0.15) is 0 Å². The lowest BCUT2D eigenvalue weighted by atomic mass is 10.1. The lowest BCUT2D eigenvalue weighted by Crippen LogP contribution is -2.15. The van der Waals surface area contributed by atoms with Crippen LogP contribution in [0.15, 0.2) is 35.5 Å². The molecule has 0 atom stereocenters. The molecular weight excluding hydrogens is 282 g/mol. The Morgan fingerprint density at radius 2 is 2.10 bits per heavy atom. The van der Waals surface area contributed by atoms with E-state index in [1.165, 1.54) is 42.2 Å². The average Bonchev–Trinajstić information content (AvgIpc) is 2.73. The van der Waals surface area contributed by atoms with Crippen LogP contribution in [-0.2, 0) is 17.1 Å². The van der Waals surface area contributed by atoms with Crippen LogP contribution in [0, 0.1) is 6.92 Å². The Balaban J connectivity index is 2.44. The van der Waals surface area contributed by atoms with Gasteiger partial charge in [-0.15, -0.1) is 0 Å². The molecule has 0 aliphatic carbocycles. The Hall–Kier alpha value is -2.35. The van der Waals surface area contributed by atoms with Crippen molar-refractivity contribution in [3.05, 3.63) is 41.7 Å². The van der Waals surface area contributed by atoms with Crippen molar-refractivity contribution in [2.24, 2.45) is 7.05 Å². The van der Waals surface area contributed by atoms with Crippen LogP contribution in [0.5, 0.6) is 0 Å². The summed E-state index contributed by atoms with van der Waals surface area (Å²) in [6, 6.07) is 4.12. The van der Waals surface area contributed by atoms with Crippen molar-refractivity contribution in [2.45, 2.75) is 11.8 Å². The average molecular weight is 295 g/mol. The van der Waals surface area contributed by atoms with Gasteiger partial charge in [0.05, 0.1) is 22.3 Å². The zero-order valence-electron chi connectivity index (χ0n) is 10.9. The van der Waals surface area contributed by atoms with Gasteiger partial charge in [-0.3, -0.25) is 9.40 Å². The number of aromatic nitrogens is 2. The number of carboxylic acid groups (broad SMARTS) is 1. The number of aromatic carboxylic acids is 1. The Morgan fingerprint density at radius 1 is 1.40 bits per heavy atom. The molecule has 7 nitrogen and oxygen atoms in total. The van der Waals surface area contributed by atoms with E-state index >= 15 is 0 Å². The summed E-state index contributed by atoms with van der Waals surface area (Å²) in [5.74, 6) is -1.17. The zero-order valence-corrected chi connectivity index (χ0v) is 11.7. The van der Waals surface area contributed by atoms with Crippen molar-refractivity contribution in [2.75, 3.05) is 4.72 Å². The standard InChI is InChI=1S/C12H13N3O4S/c1-8-10(12(16)17)4-3-5-11(8)20(18,19)14-9-6-13-15(2)7-9/h3-7,14H,1-2H3,(H,16,17). The van der Waals surface area contributed by atoms with E-state index in [4.69, 9.17) is 5.11 Å². The lowest BCUT2D eigenvalue weighted by Gasteiger charge is -2.10. The van der Waals surface area contributed by atoms with Crippen molar-refractivity contribution in [1.29, 1.82) is 0 Å². The Morgan fingerprint density at radius 3 is 2.65 bits per heavy atom. The highest BCUT2D eigenvalue weighted by Gasteiger charge is 2.21. The second-order valence-electron chi connectivity index (χ2n) is 4.24. The first-order chi connectivity index (χ1) is 9.31. The van der Waals surface area contributed by atoms with E-state index in [9.17, 15) is 13.2 Å². The minimum atomic E-state index is -3.85. The number of carbonyl (C=O) groups is 1. The van der Waals surface area contributed by atoms with Crippen LogP contribution in [0.25, 0.3) is 0 Å². The smallest absolute Gasteiger partial charge is 0.335 e. The molecule has 2 aromatic rings. The van der Waals surface area contributed by atoms with E-state index in [1.54, 1.807) is 7.05 Å². The SMILES string of the molecule is Cc1c(C(=O)O)cccc1S(=O)(=O)Nc1cnn(C)c1. The number of sulfonamides is 1. The summed E-state index contributed by atoms with van der Waals surface area (Å²) in [5.41, 5.74) is 0.461. The number of carboxylic acids is 1. The fraction of sp³-hybridized carbons (Fsp3) is 0.167. The highest BCUT2D eigenvalue weighted by molar-refractivity contribution is 7.92. The summed E-state index contributed by atoms with van der Waals surface area (Å²) in [4.78, 5) is 11.0. The van der Waals surface area contributed by atoms with E-state index in [0.29, 0.717) is 5.69 Å². The van der Waals surface area contributed by atoms with Gasteiger partial charge < -0.3 is 5.11 Å². The third kappa shape index (κ3) is 2.64. The molecule has 1 aromatic carbocycles. The van der Waals surface area contributed by atoms with E-state index in [-0.39, 0.29) is 16.0 Å². The number of anilines is 1. The number of nitrogens with one attached hydrogen (secondary N) is 1. The van der Waals surface area contributed by atoms with Gasteiger partial charge in [-0.05, 0) is 24.6 Å². The zero-order chi connectivity index (χ0) is 14.9. The van der Waals surface area contributed by atoms with Crippen molar-refractivity contribution < 1.29 is 18.3 Å². The molecule has 8 heteroatoms. The molecule has 0 fully saturated rings. The molecule has 106 valence electrons. The summed E-state index contributed by atoms with van der Waals surface area (Å²) >= 11 is 0. The van der Waals surface area contributed by atoms with Crippen molar-refractivity contribution in [3.8, 4) is 0 Å². The van der Waals surface area contributed by atoms with Gasteiger partial charge in [-0.2, -0.15) is 5.10 Å². The molecule has 0 spiro atoms. The van der Waals surface area contributed by atoms with Crippen molar-refractivity contribution >= 4 is 21.7 Å². The molecule has 0 aliphatic rings. The third-order valence-corrected chi connectivity index (χ3v) is 4.29. The molecule has 0 aliphatic heterocycles. The number of nitrogens with zero attached hydrogens (tertiary/aromatic N) is 2. The van der Waals surface area contributed by atoms with Gasteiger partial charge in [0, 0.05) is 13.2 Å². The maximum Gasteiger partial charge on any atom is 0.335 e. The molecule has 0 amide bonds. The van der Waals surface area contributed by atoms with Gasteiger partial charge in [-0.1, -0.05) is 6.07 Å². The fourth-order valence-electron chi connectivity index (χ4n) is 1.82. The summed E-state index contributed by atoms with van der Waals surface area (Å²) in [6.07, 6.45) is 2.88. The second kappa shape index (κ2) is 4.97. The van der Waals surface area contributed by atoms with Crippen LogP contribution in [0.1, 0.15) is 15.9 Å². The summed E-state index contributed by atoms with van der Waals surface area (Å²) in [7, 11) is -2.19. The molecule has 1 heterocycles. The predicted molar refractivity (Wildman–Crippen MR) is 72.2 cm³/mol. The van der Waals surface area contributed by atoms with Gasteiger partial charge >= 0.3 is 5.97 Å². The first-order valence-electron chi connectivity index (χ1n) is 5.65. The number of aryl methyl sites for hydroxylation is 1. The highest BCUT2D eigenvalue weighted by Crippen LogP contribution is 2.21. The minimum absolute atomic E-state index is 0.0425. The first kappa shape index (κ1) is 14.1. The Bertz CT molecular complexity index is 765. The van der Waals surface area contributed by atoms with Crippen molar-refractivity contribution in [3.63, 3.8) is 0 Å². The molecule has 1 aromatic heterocycles. The Labute approximate surface area is 115 Å². The summed E-state index contributed by atoms with van der Waals surface area (Å²) in [6.45, 7) is 1.46. The predicted octanol–water partition coefficient (Wildman–Crippen LogP) is 1.23. The second-order valence-corrected chi connectivity index (χ2v) is 5.89. The van der Waals surface area contributed by atoms with Crippen LogP contribution >= 0.6 is 0 Å². The maximum atomic E-state index is 12.3. The summed E-state index contributed by atoms with van der Waals surface area (Å²) in [5, 5.41) is 12.9. The number of benzene rings is 1. The van der Waals surface area contributed by atoms with Gasteiger partial charge in [0.15, 0.2) is 0 Å². The molecule has 0 unspecified atom stereocenters. The first-order valence-corrected chi connectivity index (χ1v) is 7.14. The third-order valence-electron chi connectivity index (χ3n) is 2.76. The highest BCUT2D eigenvalue weighted by atomic mass is 32.2. The van der Waals surface area contributed by atoms with E-state index < -0.39 is 16.0 Å². The Kier molecular flexibility index (Phi) is 3.49. The van der Waals surface area contributed by atoms with Crippen LogP contribution in [0.2, 0.25) is 0 Å². The van der Waals surface area contributed by atoms with Gasteiger partial charge in [-0.25, -0.2) is 13.2 Å². The normalized spacial score (nSPS) is 11.3. The molecule has 0 saturated carbocycles. The number of hydrogen-bond acceptors (Lipinski definition) is 4. The van der Waals surface area contributed by atoms with Crippen molar-refractivity contribution in [1.82, 2.24) is 9.78 Å². The quantitative estimate of drug-likeness (QED) is 0.883. The van der Waals surface area contributed by atoms with Crippen LogP contribution in [-0.4, -0.2) is 29.3 Å². The molecule has 0 bridgehead atoms. The van der Waals surface area contributed by atoms with E-state index in [2.05, 4.69) is 9.82 Å². The van der Waals surface area contributed by atoms with Gasteiger partial charge in [0.25, 0.3) is 10.0 Å². The van der Waals surface area contributed by atoms with Crippen LogP contribution < -0.4 is 4.72 Å². The van der Waals surface area contributed by atoms with Crippen LogP contribution in [0.4, 0.5) is 5.69 Å². The topological polar surface area (TPSA) is 101 Å². The molecular formula is C12H13N3O4S. The number of hydrogen-bond donors (Lipinski definition) is 2. The molecule has 2 rings (SSSR count). The molecule has 20 heavy (non-hydrogen) atoms. The van der Waals surface area contributed by atoms with E-state index in [1.807, 2.05) is 0 Å². The van der Waals surface area contributed by atoms with Crippen LogP contribution in [0.3, 0.4) is 0 Å². The lowest BCUT2D eigenvalue weighted by molar-refractivity contribution is 0.0696. The number of rotatable bonds is 4. The molecule has 0 radical (unpaired) electrons. The molecule has 0 saturated heterocycles. The fourth-order valence-corrected chi connectivity index (χ4v) is 3.12. The maximum absolute atomic E-state index is 12.3.